The number of nitrogens with one attached hydrogen (secondary N) is 1. The summed E-state index contributed by atoms with van der Waals surface area (Å²) in [6, 6.07) is -0.0989. The van der Waals surface area contributed by atoms with Crippen molar-refractivity contribution in [3.05, 3.63) is 0 Å². The van der Waals surface area contributed by atoms with Crippen LogP contribution in [0.4, 0.5) is 0 Å². The average molecular weight is 236 g/mol. The molecule has 1 aliphatic heterocycles. The van der Waals surface area contributed by atoms with E-state index in [9.17, 15) is 9.59 Å². The number of amides is 2. The summed E-state index contributed by atoms with van der Waals surface area (Å²) in [6.07, 6.45) is 0.382. The third-order valence-corrected chi connectivity index (χ3v) is 2.45. The van der Waals surface area contributed by atoms with Gasteiger partial charge in [-0.15, -0.1) is 0 Å². The molecule has 0 radical (unpaired) electrons. The molecule has 0 saturated carbocycles. The Morgan fingerprint density at radius 2 is 2.18 bits per heavy atom. The van der Waals surface area contributed by atoms with Crippen molar-refractivity contribution in [2.75, 3.05) is 13.1 Å². The highest BCUT2D eigenvalue weighted by Gasteiger charge is 2.32. The van der Waals surface area contributed by atoms with Gasteiger partial charge in [0.1, 0.15) is 0 Å². The lowest BCUT2D eigenvalue weighted by atomic mass is 9.96. The molecule has 1 aliphatic rings. The highest BCUT2D eigenvalue weighted by molar-refractivity contribution is 5.94. The van der Waals surface area contributed by atoms with Crippen LogP contribution in [0.2, 0.25) is 0 Å². The van der Waals surface area contributed by atoms with E-state index in [2.05, 4.69) is 37.9 Å². The molecule has 1 fully saturated rings. The SMILES string of the molecule is CC#CC(=O)N[C@@H]1CC(=O)N(CC(C)(C)C)C1. The van der Waals surface area contributed by atoms with Gasteiger partial charge < -0.3 is 10.2 Å². The van der Waals surface area contributed by atoms with Gasteiger partial charge in [0.05, 0.1) is 6.04 Å². The zero-order valence-electron chi connectivity index (χ0n) is 11.0. The summed E-state index contributed by atoms with van der Waals surface area (Å²) in [5.41, 5.74) is 0.0811. The molecule has 0 aromatic carbocycles. The summed E-state index contributed by atoms with van der Waals surface area (Å²) in [5.74, 6) is 4.77. The lowest BCUT2D eigenvalue weighted by Gasteiger charge is -2.26. The van der Waals surface area contributed by atoms with Gasteiger partial charge in [0.2, 0.25) is 5.91 Å². The second kappa shape index (κ2) is 5.22. The highest BCUT2D eigenvalue weighted by atomic mass is 16.2. The summed E-state index contributed by atoms with van der Waals surface area (Å²) in [7, 11) is 0. The maximum atomic E-state index is 11.7. The van der Waals surface area contributed by atoms with Gasteiger partial charge in [-0.05, 0) is 18.3 Å². The van der Waals surface area contributed by atoms with Crippen molar-refractivity contribution in [1.82, 2.24) is 10.2 Å². The van der Waals surface area contributed by atoms with Crippen molar-refractivity contribution in [3.8, 4) is 11.8 Å². The topological polar surface area (TPSA) is 49.4 Å². The molecule has 0 unspecified atom stereocenters. The van der Waals surface area contributed by atoms with Crippen molar-refractivity contribution in [2.45, 2.75) is 40.2 Å². The Morgan fingerprint density at radius 3 is 2.71 bits per heavy atom. The number of rotatable bonds is 2. The Bertz CT molecular complexity index is 371. The first-order valence-corrected chi connectivity index (χ1v) is 5.83. The first kappa shape index (κ1) is 13.6. The molecule has 94 valence electrons. The van der Waals surface area contributed by atoms with E-state index in [-0.39, 0.29) is 23.3 Å². The summed E-state index contributed by atoms with van der Waals surface area (Å²) < 4.78 is 0. The third-order valence-electron chi connectivity index (χ3n) is 2.45. The zero-order valence-corrected chi connectivity index (χ0v) is 11.0. The number of carbonyl (C=O) groups excluding carboxylic acids is 2. The quantitative estimate of drug-likeness (QED) is 0.720. The fraction of sp³-hybridized carbons (Fsp3) is 0.692. The zero-order chi connectivity index (χ0) is 13.1. The number of carbonyl (C=O) groups is 2. The van der Waals surface area contributed by atoms with Gasteiger partial charge in [-0.25, -0.2) is 0 Å². The first-order chi connectivity index (χ1) is 7.81. The maximum Gasteiger partial charge on any atom is 0.296 e. The molecule has 0 aromatic heterocycles. The minimum absolute atomic E-state index is 0.0811. The van der Waals surface area contributed by atoms with Gasteiger partial charge in [-0.3, -0.25) is 9.59 Å². The van der Waals surface area contributed by atoms with E-state index in [1.165, 1.54) is 0 Å². The van der Waals surface area contributed by atoms with E-state index in [1.54, 1.807) is 6.92 Å². The molecular formula is C13H20N2O2. The summed E-state index contributed by atoms with van der Waals surface area (Å²) in [5, 5.41) is 2.75. The lowest BCUT2D eigenvalue weighted by molar-refractivity contribution is -0.128. The van der Waals surface area contributed by atoms with Crippen LogP contribution in [0.1, 0.15) is 34.1 Å². The van der Waals surface area contributed by atoms with Crippen LogP contribution in [0.3, 0.4) is 0 Å². The molecule has 1 N–H and O–H groups in total. The van der Waals surface area contributed by atoms with E-state index in [0.717, 1.165) is 6.54 Å². The molecule has 1 atom stereocenters. The molecule has 0 spiro atoms. The van der Waals surface area contributed by atoms with E-state index >= 15 is 0 Å². The fourth-order valence-corrected chi connectivity index (χ4v) is 1.93. The van der Waals surface area contributed by atoms with Gasteiger partial charge in [-0.1, -0.05) is 26.7 Å². The van der Waals surface area contributed by atoms with Crippen LogP contribution in [0.5, 0.6) is 0 Å². The lowest BCUT2D eigenvalue weighted by Crippen LogP contribution is -2.38. The Kier molecular flexibility index (Phi) is 4.17. The van der Waals surface area contributed by atoms with E-state index in [0.29, 0.717) is 13.0 Å². The average Bonchev–Trinajstić information content (AvgIpc) is 2.44. The Hall–Kier alpha value is -1.50. The van der Waals surface area contributed by atoms with Gasteiger partial charge in [0, 0.05) is 19.5 Å². The third kappa shape index (κ3) is 4.48. The Morgan fingerprint density at radius 1 is 1.53 bits per heavy atom. The molecule has 1 heterocycles. The normalized spacial score (nSPS) is 19.9. The van der Waals surface area contributed by atoms with Gasteiger partial charge in [-0.2, -0.15) is 0 Å². The van der Waals surface area contributed by atoms with Crippen LogP contribution in [-0.2, 0) is 9.59 Å². The Labute approximate surface area is 103 Å². The molecule has 4 nitrogen and oxygen atoms in total. The summed E-state index contributed by atoms with van der Waals surface area (Å²) in [4.78, 5) is 24.8. The standard InChI is InChI=1S/C13H20N2O2/c1-5-6-11(16)14-10-7-12(17)15(8-10)9-13(2,3)4/h10H,7-9H2,1-4H3,(H,14,16)/t10-/m1/s1. The minimum atomic E-state index is -0.303. The number of hydrogen-bond acceptors (Lipinski definition) is 2. The van der Waals surface area contributed by atoms with E-state index < -0.39 is 0 Å². The van der Waals surface area contributed by atoms with E-state index in [1.807, 2.05) is 4.90 Å². The summed E-state index contributed by atoms with van der Waals surface area (Å²) >= 11 is 0. The van der Waals surface area contributed by atoms with Crippen LogP contribution in [-0.4, -0.2) is 35.8 Å². The van der Waals surface area contributed by atoms with Crippen molar-refractivity contribution in [1.29, 1.82) is 0 Å². The smallest absolute Gasteiger partial charge is 0.296 e. The van der Waals surface area contributed by atoms with Crippen molar-refractivity contribution in [2.24, 2.45) is 5.41 Å². The van der Waals surface area contributed by atoms with Gasteiger partial charge >= 0.3 is 0 Å². The van der Waals surface area contributed by atoms with Crippen LogP contribution >= 0.6 is 0 Å². The molecular weight excluding hydrogens is 216 g/mol. The largest absolute Gasteiger partial charge is 0.340 e. The first-order valence-electron chi connectivity index (χ1n) is 5.83. The number of nitrogens with zero attached hydrogens (tertiary/aromatic N) is 1. The molecule has 1 saturated heterocycles. The molecule has 17 heavy (non-hydrogen) atoms. The van der Waals surface area contributed by atoms with E-state index in [4.69, 9.17) is 0 Å². The second-order valence-electron chi connectivity index (χ2n) is 5.58. The molecule has 2 amide bonds. The van der Waals surface area contributed by atoms with Crippen molar-refractivity contribution >= 4 is 11.8 Å². The van der Waals surface area contributed by atoms with Crippen molar-refractivity contribution in [3.63, 3.8) is 0 Å². The maximum absolute atomic E-state index is 11.7. The predicted molar refractivity (Wildman–Crippen MR) is 66.0 cm³/mol. The van der Waals surface area contributed by atoms with Gasteiger partial charge in [0.25, 0.3) is 5.91 Å². The van der Waals surface area contributed by atoms with Crippen LogP contribution < -0.4 is 5.32 Å². The molecule has 1 rings (SSSR count). The monoisotopic (exact) mass is 236 g/mol. The summed E-state index contributed by atoms with van der Waals surface area (Å²) in [6.45, 7) is 9.20. The molecule has 0 aromatic rings. The Balaban J connectivity index is 2.51. The van der Waals surface area contributed by atoms with Crippen LogP contribution in [0.25, 0.3) is 0 Å². The number of hydrogen-bond donors (Lipinski definition) is 1. The van der Waals surface area contributed by atoms with Gasteiger partial charge in [0.15, 0.2) is 0 Å². The highest BCUT2D eigenvalue weighted by Crippen LogP contribution is 2.20. The second-order valence-corrected chi connectivity index (χ2v) is 5.58. The van der Waals surface area contributed by atoms with Crippen LogP contribution in [0.15, 0.2) is 0 Å². The molecule has 4 heteroatoms. The predicted octanol–water partition coefficient (Wildman–Crippen LogP) is 0.773. The van der Waals surface area contributed by atoms with Crippen molar-refractivity contribution < 1.29 is 9.59 Å². The minimum Gasteiger partial charge on any atom is -0.340 e. The fourth-order valence-electron chi connectivity index (χ4n) is 1.93. The number of likely N-dealkylation sites (tertiary alicyclic amines) is 1. The van der Waals surface area contributed by atoms with Crippen LogP contribution in [0, 0.1) is 17.3 Å². The molecule has 0 bridgehead atoms. The molecule has 0 aliphatic carbocycles.